The van der Waals surface area contributed by atoms with E-state index in [1.165, 1.54) is 0 Å². The van der Waals surface area contributed by atoms with Gasteiger partial charge in [0, 0.05) is 5.70 Å². The fourth-order valence-electron chi connectivity index (χ4n) is 0.225. The second kappa shape index (κ2) is 3.02. The first-order chi connectivity index (χ1) is 3.66. The van der Waals surface area contributed by atoms with Crippen molar-refractivity contribution in [1.29, 1.82) is 0 Å². The zero-order chi connectivity index (χ0) is 6.57. The molecule has 0 unspecified atom stereocenters. The van der Waals surface area contributed by atoms with E-state index in [1.807, 2.05) is 0 Å². The molecule has 43 valence electrons. The average Bonchev–Trinajstić information content (AvgIpc) is 1.65. The van der Waals surface area contributed by atoms with E-state index in [0.717, 1.165) is 6.08 Å². The molecule has 0 bridgehead atoms. The lowest BCUT2D eigenvalue weighted by Crippen LogP contribution is -2.17. The van der Waals surface area contributed by atoms with Crippen molar-refractivity contribution in [2.45, 2.75) is 0 Å². The monoisotopic (exact) mass is 110 g/mol. The van der Waals surface area contributed by atoms with Crippen LogP contribution in [0.25, 0.3) is 0 Å². The zero-order valence-corrected chi connectivity index (χ0v) is 4.61. The van der Waals surface area contributed by atoms with Gasteiger partial charge in [-0.25, -0.2) is 0 Å². The molecule has 0 saturated carbocycles. The van der Waals surface area contributed by atoms with Crippen LogP contribution in [0.15, 0.2) is 24.9 Å². The highest BCUT2D eigenvalue weighted by atomic mass is 16.1. The third-order valence-electron chi connectivity index (χ3n) is 0.485. The Morgan fingerprint density at radius 1 is 1.62 bits per heavy atom. The summed E-state index contributed by atoms with van der Waals surface area (Å²) in [6, 6.07) is 0. The Bertz CT molecular complexity index is 126. The molecule has 8 heavy (non-hydrogen) atoms. The van der Waals surface area contributed by atoms with Gasteiger partial charge in [-0.15, -0.1) is 0 Å². The SMILES string of the molecule is [CH2]C(=C)NC(=O)C=C. The molecule has 0 aromatic rings. The van der Waals surface area contributed by atoms with E-state index in [-0.39, 0.29) is 5.91 Å². The number of rotatable bonds is 2. The molecular weight excluding hydrogens is 102 g/mol. The smallest absolute Gasteiger partial charge is 0.247 e. The van der Waals surface area contributed by atoms with Crippen LogP contribution in [0.5, 0.6) is 0 Å². The minimum absolute atomic E-state index is 0.273. The minimum Gasteiger partial charge on any atom is -0.327 e. The van der Waals surface area contributed by atoms with E-state index in [9.17, 15) is 4.79 Å². The summed E-state index contributed by atoms with van der Waals surface area (Å²) in [5.41, 5.74) is 0.384. The molecule has 0 aliphatic carbocycles. The second-order valence-corrected chi connectivity index (χ2v) is 1.30. The Hall–Kier alpha value is -1.05. The zero-order valence-electron chi connectivity index (χ0n) is 4.61. The van der Waals surface area contributed by atoms with Crippen molar-refractivity contribution < 1.29 is 4.79 Å². The van der Waals surface area contributed by atoms with Gasteiger partial charge in [0.25, 0.3) is 0 Å². The van der Waals surface area contributed by atoms with Gasteiger partial charge in [-0.05, 0) is 13.0 Å². The van der Waals surface area contributed by atoms with Gasteiger partial charge in [0.15, 0.2) is 0 Å². The van der Waals surface area contributed by atoms with Crippen LogP contribution in [0.2, 0.25) is 0 Å². The Morgan fingerprint density at radius 3 is 2.25 bits per heavy atom. The highest BCUT2D eigenvalue weighted by molar-refractivity contribution is 5.88. The Balaban J connectivity index is 3.55. The lowest BCUT2D eigenvalue weighted by molar-refractivity contribution is -0.115. The Labute approximate surface area is 48.9 Å². The van der Waals surface area contributed by atoms with Crippen LogP contribution < -0.4 is 5.32 Å². The molecule has 1 amide bonds. The van der Waals surface area contributed by atoms with Crippen LogP contribution in [0.1, 0.15) is 0 Å². The molecule has 0 atom stereocenters. The molecule has 1 radical (unpaired) electrons. The van der Waals surface area contributed by atoms with Gasteiger partial charge in [0.1, 0.15) is 0 Å². The lowest BCUT2D eigenvalue weighted by Gasteiger charge is -1.95. The van der Waals surface area contributed by atoms with E-state index < -0.39 is 0 Å². The fourth-order valence-corrected chi connectivity index (χ4v) is 0.225. The van der Waals surface area contributed by atoms with Crippen molar-refractivity contribution in [2.24, 2.45) is 0 Å². The standard InChI is InChI=1S/C6H8NO/c1-4-6(8)7-5(2)3/h4H,1-3H2,(H,7,8). The molecule has 2 heteroatoms. The predicted octanol–water partition coefficient (Wildman–Crippen LogP) is 0.636. The first-order valence-electron chi connectivity index (χ1n) is 2.11. The number of nitrogens with one attached hydrogen (secondary N) is 1. The molecule has 0 spiro atoms. The van der Waals surface area contributed by atoms with E-state index in [1.54, 1.807) is 0 Å². The highest BCUT2D eigenvalue weighted by Crippen LogP contribution is 1.76. The van der Waals surface area contributed by atoms with Crippen LogP contribution in [-0.4, -0.2) is 5.91 Å². The maximum absolute atomic E-state index is 10.3. The van der Waals surface area contributed by atoms with Gasteiger partial charge in [0.05, 0.1) is 0 Å². The van der Waals surface area contributed by atoms with Gasteiger partial charge in [-0.3, -0.25) is 4.79 Å². The molecule has 0 fully saturated rings. The summed E-state index contributed by atoms with van der Waals surface area (Å²) in [4.78, 5) is 10.3. The predicted molar refractivity (Wildman–Crippen MR) is 32.8 cm³/mol. The third kappa shape index (κ3) is 3.15. The summed E-state index contributed by atoms with van der Waals surface area (Å²) in [7, 11) is 0. The average molecular weight is 110 g/mol. The maximum atomic E-state index is 10.3. The van der Waals surface area contributed by atoms with Gasteiger partial charge in [0.2, 0.25) is 5.91 Å². The van der Waals surface area contributed by atoms with E-state index in [4.69, 9.17) is 0 Å². The summed E-state index contributed by atoms with van der Waals surface area (Å²) in [6.45, 7) is 9.94. The lowest BCUT2D eigenvalue weighted by atomic mass is 10.5. The number of amides is 1. The molecule has 0 saturated heterocycles. The quantitative estimate of drug-likeness (QED) is 0.519. The van der Waals surface area contributed by atoms with Crippen molar-refractivity contribution in [3.05, 3.63) is 31.9 Å². The Morgan fingerprint density at radius 2 is 2.12 bits per heavy atom. The number of hydrogen-bond donors (Lipinski definition) is 1. The number of hydrogen-bond acceptors (Lipinski definition) is 1. The van der Waals surface area contributed by atoms with E-state index in [0.29, 0.717) is 5.70 Å². The number of carbonyl (C=O) groups is 1. The largest absolute Gasteiger partial charge is 0.327 e. The highest BCUT2D eigenvalue weighted by Gasteiger charge is 1.88. The van der Waals surface area contributed by atoms with Crippen LogP contribution in [0, 0.1) is 6.92 Å². The van der Waals surface area contributed by atoms with Gasteiger partial charge in [-0.1, -0.05) is 13.2 Å². The fraction of sp³-hybridized carbons (Fsp3) is 0. The van der Waals surface area contributed by atoms with Gasteiger partial charge in [-0.2, -0.15) is 0 Å². The van der Waals surface area contributed by atoms with Gasteiger partial charge >= 0.3 is 0 Å². The van der Waals surface area contributed by atoms with Crippen LogP contribution >= 0.6 is 0 Å². The molecule has 2 nitrogen and oxygen atoms in total. The topological polar surface area (TPSA) is 29.1 Å². The molecule has 1 N–H and O–H groups in total. The summed E-state index contributed by atoms with van der Waals surface area (Å²) in [5.74, 6) is -0.273. The first-order valence-corrected chi connectivity index (χ1v) is 2.11. The first kappa shape index (κ1) is 6.95. The minimum atomic E-state index is -0.273. The molecular formula is C6H8NO. The molecule has 0 aliphatic heterocycles. The summed E-state index contributed by atoms with van der Waals surface area (Å²) >= 11 is 0. The van der Waals surface area contributed by atoms with Crippen molar-refractivity contribution >= 4 is 5.91 Å². The van der Waals surface area contributed by atoms with E-state index in [2.05, 4.69) is 25.4 Å². The molecule has 0 aromatic heterocycles. The summed E-state index contributed by atoms with van der Waals surface area (Å²) in [5, 5.41) is 2.33. The van der Waals surface area contributed by atoms with Crippen LogP contribution in [0.3, 0.4) is 0 Å². The normalized spacial score (nSPS) is 7.62. The molecule has 0 rings (SSSR count). The summed E-state index contributed by atoms with van der Waals surface area (Å²) < 4.78 is 0. The summed E-state index contributed by atoms with van der Waals surface area (Å²) in [6.07, 6.45) is 1.16. The Kier molecular flexibility index (Phi) is 2.62. The maximum Gasteiger partial charge on any atom is 0.247 e. The number of carbonyl (C=O) groups excluding carboxylic acids is 1. The molecule has 0 aliphatic rings. The molecule has 0 heterocycles. The third-order valence-corrected chi connectivity index (χ3v) is 0.485. The van der Waals surface area contributed by atoms with Crippen molar-refractivity contribution in [1.82, 2.24) is 5.32 Å². The number of allylic oxidation sites excluding steroid dienone is 1. The van der Waals surface area contributed by atoms with Crippen molar-refractivity contribution in [3.63, 3.8) is 0 Å². The van der Waals surface area contributed by atoms with Crippen LogP contribution in [-0.2, 0) is 4.79 Å². The van der Waals surface area contributed by atoms with Gasteiger partial charge < -0.3 is 5.32 Å². The molecule has 0 aromatic carbocycles. The second-order valence-electron chi connectivity index (χ2n) is 1.30. The van der Waals surface area contributed by atoms with Crippen molar-refractivity contribution in [2.75, 3.05) is 0 Å². The van der Waals surface area contributed by atoms with E-state index >= 15 is 0 Å². The van der Waals surface area contributed by atoms with Crippen molar-refractivity contribution in [3.8, 4) is 0 Å². The van der Waals surface area contributed by atoms with Crippen LogP contribution in [0.4, 0.5) is 0 Å².